The second-order valence-electron chi connectivity index (χ2n) is 4.81. The molecule has 0 fully saturated rings. The van der Waals surface area contributed by atoms with E-state index in [1.807, 2.05) is 30.2 Å². The fourth-order valence-electron chi connectivity index (χ4n) is 2.32. The molecular weight excluding hydrogens is 264 g/mol. The zero-order valence-electron chi connectivity index (χ0n) is 12.2. The van der Waals surface area contributed by atoms with E-state index in [4.69, 9.17) is 0 Å². The monoisotopic (exact) mass is 286 g/mol. The third-order valence-corrected chi connectivity index (χ3v) is 4.13. The molecule has 1 N–H and O–H groups in total. The van der Waals surface area contributed by atoms with E-state index in [1.54, 1.807) is 0 Å². The van der Waals surface area contributed by atoms with Crippen LogP contribution in [-0.4, -0.2) is 17.8 Å². The molecule has 1 atom stereocenters. The first-order valence-electron chi connectivity index (χ1n) is 7.10. The number of thioether (sulfide) groups is 1. The van der Waals surface area contributed by atoms with Crippen LogP contribution in [0.5, 0.6) is 0 Å². The van der Waals surface area contributed by atoms with Crippen molar-refractivity contribution >= 4 is 11.8 Å². The van der Waals surface area contributed by atoms with Crippen molar-refractivity contribution in [1.82, 2.24) is 10.3 Å². The van der Waals surface area contributed by atoms with Crippen LogP contribution in [0.3, 0.4) is 0 Å². The first kappa shape index (κ1) is 15.1. The average molecular weight is 286 g/mol. The van der Waals surface area contributed by atoms with Gasteiger partial charge in [0.1, 0.15) is 0 Å². The number of nitrogens with zero attached hydrogens (tertiary/aromatic N) is 1. The van der Waals surface area contributed by atoms with Gasteiger partial charge in [-0.2, -0.15) is 0 Å². The van der Waals surface area contributed by atoms with Gasteiger partial charge in [-0.3, -0.25) is 4.98 Å². The van der Waals surface area contributed by atoms with E-state index in [0.29, 0.717) is 6.04 Å². The molecule has 20 heavy (non-hydrogen) atoms. The first-order chi connectivity index (χ1) is 9.85. The first-order valence-corrected chi connectivity index (χ1v) is 8.32. The summed E-state index contributed by atoms with van der Waals surface area (Å²) in [5, 5.41) is 3.67. The molecule has 1 aromatic heterocycles. The van der Waals surface area contributed by atoms with Gasteiger partial charge in [0, 0.05) is 23.3 Å². The number of aromatic nitrogens is 1. The standard InChI is InChI=1S/C17H22N2S/c1-3-10-19-16(12-14-7-6-11-18-13-14)15-8-4-5-9-17(15)20-2/h4-9,11,13,16,19H,3,10,12H2,1-2H3. The maximum absolute atomic E-state index is 4.22. The Kier molecular flexibility index (Phi) is 6.09. The summed E-state index contributed by atoms with van der Waals surface area (Å²) in [7, 11) is 0. The van der Waals surface area contributed by atoms with Gasteiger partial charge >= 0.3 is 0 Å². The molecule has 1 aromatic carbocycles. The Labute approximate surface area is 126 Å². The Balaban J connectivity index is 2.22. The highest BCUT2D eigenvalue weighted by Crippen LogP contribution is 2.27. The Hall–Kier alpha value is -1.32. The minimum absolute atomic E-state index is 0.350. The van der Waals surface area contributed by atoms with Gasteiger partial charge in [0.15, 0.2) is 0 Å². The minimum atomic E-state index is 0.350. The van der Waals surface area contributed by atoms with Crippen molar-refractivity contribution in [3.8, 4) is 0 Å². The fraction of sp³-hybridized carbons (Fsp3) is 0.353. The predicted octanol–water partition coefficient (Wildman–Crippen LogP) is 4.09. The van der Waals surface area contributed by atoms with E-state index in [1.165, 1.54) is 16.0 Å². The molecule has 3 heteroatoms. The molecule has 0 aliphatic rings. The lowest BCUT2D eigenvalue weighted by Gasteiger charge is -2.21. The van der Waals surface area contributed by atoms with E-state index in [0.717, 1.165) is 19.4 Å². The van der Waals surface area contributed by atoms with Crippen LogP contribution in [0.4, 0.5) is 0 Å². The molecule has 0 aliphatic carbocycles. The Bertz CT molecular complexity index is 513. The summed E-state index contributed by atoms with van der Waals surface area (Å²) in [6.45, 7) is 3.24. The molecule has 2 nitrogen and oxygen atoms in total. The molecule has 2 aromatic rings. The summed E-state index contributed by atoms with van der Waals surface area (Å²) in [5.74, 6) is 0. The third-order valence-electron chi connectivity index (χ3n) is 3.32. The van der Waals surface area contributed by atoms with Gasteiger partial charge < -0.3 is 5.32 Å². The van der Waals surface area contributed by atoms with Gasteiger partial charge in [-0.15, -0.1) is 11.8 Å². The summed E-state index contributed by atoms with van der Waals surface area (Å²) < 4.78 is 0. The second-order valence-corrected chi connectivity index (χ2v) is 5.66. The zero-order chi connectivity index (χ0) is 14.2. The van der Waals surface area contributed by atoms with Crippen LogP contribution in [0.25, 0.3) is 0 Å². The van der Waals surface area contributed by atoms with Crippen molar-refractivity contribution in [2.75, 3.05) is 12.8 Å². The summed E-state index contributed by atoms with van der Waals surface area (Å²) >= 11 is 1.81. The molecule has 0 amide bonds. The van der Waals surface area contributed by atoms with Crippen LogP contribution in [0.2, 0.25) is 0 Å². The number of rotatable bonds is 7. The van der Waals surface area contributed by atoms with Crippen molar-refractivity contribution in [3.05, 3.63) is 59.9 Å². The highest BCUT2D eigenvalue weighted by Gasteiger charge is 2.14. The van der Waals surface area contributed by atoms with Crippen molar-refractivity contribution in [2.24, 2.45) is 0 Å². The molecule has 0 aliphatic heterocycles. The molecule has 1 unspecified atom stereocenters. The van der Waals surface area contributed by atoms with Crippen molar-refractivity contribution in [2.45, 2.75) is 30.7 Å². The van der Waals surface area contributed by atoms with Crippen LogP contribution < -0.4 is 5.32 Å². The van der Waals surface area contributed by atoms with E-state index in [-0.39, 0.29) is 0 Å². The molecule has 0 saturated carbocycles. The molecule has 2 rings (SSSR count). The molecule has 0 radical (unpaired) electrons. The summed E-state index contributed by atoms with van der Waals surface area (Å²) in [6, 6.07) is 13.2. The van der Waals surface area contributed by atoms with Crippen LogP contribution in [0, 0.1) is 0 Å². The predicted molar refractivity (Wildman–Crippen MR) is 87.2 cm³/mol. The summed E-state index contributed by atoms with van der Waals surface area (Å²) in [5.41, 5.74) is 2.66. The van der Waals surface area contributed by atoms with E-state index in [9.17, 15) is 0 Å². The van der Waals surface area contributed by atoms with Crippen LogP contribution >= 0.6 is 11.8 Å². The topological polar surface area (TPSA) is 24.9 Å². The third kappa shape index (κ3) is 4.09. The molecule has 1 heterocycles. The lowest BCUT2D eigenvalue weighted by molar-refractivity contribution is 0.522. The highest BCUT2D eigenvalue weighted by atomic mass is 32.2. The zero-order valence-corrected chi connectivity index (χ0v) is 13.0. The fourth-order valence-corrected chi connectivity index (χ4v) is 2.98. The van der Waals surface area contributed by atoms with Gasteiger partial charge in [-0.25, -0.2) is 0 Å². The molecule has 0 spiro atoms. The van der Waals surface area contributed by atoms with Crippen LogP contribution in [0.15, 0.2) is 53.7 Å². The minimum Gasteiger partial charge on any atom is -0.310 e. The normalized spacial score (nSPS) is 12.3. The number of hydrogen-bond donors (Lipinski definition) is 1. The van der Waals surface area contributed by atoms with Crippen molar-refractivity contribution in [1.29, 1.82) is 0 Å². The van der Waals surface area contributed by atoms with E-state index < -0.39 is 0 Å². The van der Waals surface area contributed by atoms with E-state index in [2.05, 4.69) is 53.8 Å². The van der Waals surface area contributed by atoms with Gasteiger partial charge in [-0.1, -0.05) is 31.2 Å². The van der Waals surface area contributed by atoms with Gasteiger partial charge in [0.25, 0.3) is 0 Å². The largest absolute Gasteiger partial charge is 0.310 e. The maximum atomic E-state index is 4.22. The smallest absolute Gasteiger partial charge is 0.0372 e. The maximum Gasteiger partial charge on any atom is 0.0372 e. The van der Waals surface area contributed by atoms with Gasteiger partial charge in [0.2, 0.25) is 0 Å². The van der Waals surface area contributed by atoms with Crippen molar-refractivity contribution < 1.29 is 0 Å². The number of hydrogen-bond acceptors (Lipinski definition) is 3. The Morgan fingerprint density at radius 1 is 1.20 bits per heavy atom. The molecule has 106 valence electrons. The van der Waals surface area contributed by atoms with E-state index >= 15 is 0 Å². The highest BCUT2D eigenvalue weighted by molar-refractivity contribution is 7.98. The van der Waals surface area contributed by atoms with Gasteiger partial charge in [0.05, 0.1) is 0 Å². The Morgan fingerprint density at radius 3 is 2.75 bits per heavy atom. The molecule has 0 bridgehead atoms. The van der Waals surface area contributed by atoms with Crippen LogP contribution in [0.1, 0.15) is 30.5 Å². The van der Waals surface area contributed by atoms with Crippen LogP contribution in [-0.2, 0) is 6.42 Å². The van der Waals surface area contributed by atoms with Crippen molar-refractivity contribution in [3.63, 3.8) is 0 Å². The SMILES string of the molecule is CCCNC(Cc1cccnc1)c1ccccc1SC. The summed E-state index contributed by atoms with van der Waals surface area (Å²) in [4.78, 5) is 5.57. The second kappa shape index (κ2) is 8.08. The number of benzene rings is 1. The lowest BCUT2D eigenvalue weighted by Crippen LogP contribution is -2.24. The number of nitrogens with one attached hydrogen (secondary N) is 1. The lowest BCUT2D eigenvalue weighted by atomic mass is 9.99. The molecule has 0 saturated heterocycles. The van der Waals surface area contributed by atoms with Gasteiger partial charge in [-0.05, 0) is 48.9 Å². The quantitative estimate of drug-likeness (QED) is 0.776. The summed E-state index contributed by atoms with van der Waals surface area (Å²) in [6.07, 6.45) is 8.05. The average Bonchev–Trinajstić information content (AvgIpc) is 2.52. The molecular formula is C17H22N2S. The Morgan fingerprint density at radius 2 is 2.05 bits per heavy atom. The number of pyridine rings is 1.